The molecule has 0 spiro atoms. The van der Waals surface area contributed by atoms with Crippen molar-refractivity contribution in [3.05, 3.63) is 122 Å². The average molecular weight is 557 g/mol. The van der Waals surface area contributed by atoms with E-state index in [1.807, 2.05) is 18.5 Å². The highest BCUT2D eigenvalue weighted by molar-refractivity contribution is 7.26. The van der Waals surface area contributed by atoms with Crippen molar-refractivity contribution in [2.45, 2.75) is 0 Å². The summed E-state index contributed by atoms with van der Waals surface area (Å²) in [7, 11) is 0. The van der Waals surface area contributed by atoms with E-state index in [0.717, 1.165) is 65.2 Å². The summed E-state index contributed by atoms with van der Waals surface area (Å²) >= 11 is 1.73. The first-order chi connectivity index (χ1) is 20.9. The molecule has 0 N–H and O–H groups in total. The number of hydrogen-bond acceptors (Lipinski definition) is 4. The summed E-state index contributed by atoms with van der Waals surface area (Å²) in [5.74, 6) is 1.71. The van der Waals surface area contributed by atoms with Gasteiger partial charge in [0.1, 0.15) is 5.52 Å². The van der Waals surface area contributed by atoms with Gasteiger partial charge in [0.15, 0.2) is 5.82 Å². The van der Waals surface area contributed by atoms with E-state index >= 15 is 0 Å². The predicted octanol–water partition coefficient (Wildman–Crippen LogP) is 8.69. The Hall–Kier alpha value is -5.53. The van der Waals surface area contributed by atoms with Crippen molar-refractivity contribution in [1.29, 1.82) is 0 Å². The summed E-state index contributed by atoms with van der Waals surface area (Å²) in [6.45, 7) is 0. The third kappa shape index (κ3) is 2.75. The Morgan fingerprint density at radius 3 is 2.24 bits per heavy atom. The van der Waals surface area contributed by atoms with E-state index in [9.17, 15) is 0 Å². The zero-order valence-electron chi connectivity index (χ0n) is 22.1. The summed E-state index contributed by atoms with van der Waals surface area (Å²) < 4.78 is 9.10. The Morgan fingerprint density at radius 1 is 0.524 bits per heavy atom. The average Bonchev–Trinajstić information content (AvgIpc) is 3.78. The van der Waals surface area contributed by atoms with E-state index in [1.165, 1.54) is 16.3 Å². The molecular weight excluding hydrogens is 536 g/mol. The highest BCUT2D eigenvalue weighted by atomic mass is 32.1. The van der Waals surface area contributed by atoms with Gasteiger partial charge < -0.3 is 4.57 Å². The summed E-state index contributed by atoms with van der Waals surface area (Å²) in [6, 6.07) is 38.3. The second-order valence-electron chi connectivity index (χ2n) is 10.6. The highest BCUT2D eigenvalue weighted by Crippen LogP contribution is 2.40. The van der Waals surface area contributed by atoms with Gasteiger partial charge in [0, 0.05) is 34.2 Å². The first-order valence-corrected chi connectivity index (χ1v) is 14.7. The summed E-state index contributed by atoms with van der Waals surface area (Å²) in [5.41, 5.74) is 8.59. The lowest BCUT2D eigenvalue weighted by molar-refractivity contribution is 1.06. The third-order valence-corrected chi connectivity index (χ3v) is 9.51. The molecule has 0 unspecified atom stereocenters. The van der Waals surface area contributed by atoms with Gasteiger partial charge in [-0.05, 0) is 60.7 Å². The van der Waals surface area contributed by atoms with Gasteiger partial charge in [-0.2, -0.15) is 0 Å². The fourth-order valence-electron chi connectivity index (χ4n) is 6.64. The maximum absolute atomic E-state index is 5.45. The summed E-state index contributed by atoms with van der Waals surface area (Å²) in [5, 5.41) is 3.52. The lowest BCUT2D eigenvalue weighted by atomic mass is 10.1. The highest BCUT2D eigenvalue weighted by Gasteiger charge is 2.24. The normalized spacial score (nSPS) is 12.3. The molecule has 0 aliphatic rings. The van der Waals surface area contributed by atoms with Crippen molar-refractivity contribution < 1.29 is 0 Å². The molecule has 0 saturated carbocycles. The van der Waals surface area contributed by atoms with Crippen LogP contribution in [0.5, 0.6) is 0 Å². The van der Waals surface area contributed by atoms with E-state index in [4.69, 9.17) is 15.0 Å². The lowest BCUT2D eigenvalue weighted by Gasteiger charge is -2.08. The zero-order chi connectivity index (χ0) is 27.4. The van der Waals surface area contributed by atoms with Crippen LogP contribution >= 0.6 is 11.3 Å². The fourth-order valence-corrected chi connectivity index (χ4v) is 7.77. The van der Waals surface area contributed by atoms with Gasteiger partial charge in [-0.25, -0.2) is 9.97 Å². The molecule has 196 valence electrons. The van der Waals surface area contributed by atoms with Crippen LogP contribution in [0, 0.1) is 0 Å². The van der Waals surface area contributed by atoms with E-state index in [1.54, 1.807) is 11.3 Å². The third-order valence-electron chi connectivity index (χ3n) is 8.35. The number of rotatable bonds is 2. The van der Waals surface area contributed by atoms with Crippen LogP contribution < -0.4 is 0 Å². The quantitative estimate of drug-likeness (QED) is 0.214. The van der Waals surface area contributed by atoms with Crippen LogP contribution in [0.3, 0.4) is 0 Å². The second kappa shape index (κ2) is 8.02. The van der Waals surface area contributed by atoms with Gasteiger partial charge in [0.05, 0.1) is 42.5 Å². The molecule has 0 aliphatic heterocycles. The maximum Gasteiger partial charge on any atom is 0.222 e. The van der Waals surface area contributed by atoms with Gasteiger partial charge >= 0.3 is 0 Å². The van der Waals surface area contributed by atoms with Crippen LogP contribution in [-0.2, 0) is 0 Å². The molecule has 4 aromatic carbocycles. The van der Waals surface area contributed by atoms with Gasteiger partial charge in [0.2, 0.25) is 5.78 Å². The van der Waals surface area contributed by atoms with Crippen molar-refractivity contribution in [2.75, 3.05) is 0 Å². The predicted molar refractivity (Wildman–Crippen MR) is 172 cm³/mol. The SMILES string of the molecule is c1ccc(-n2c3ccccc3c3ccc4c(nc5n(-c6nccc7c6sc6cccnc67)c6ccccc6n45)c32)cc1. The minimum absolute atomic E-state index is 0.842. The number of fused-ring (bicyclic) bond motifs is 12. The molecule has 10 rings (SSSR count). The van der Waals surface area contributed by atoms with Crippen LogP contribution in [0.2, 0.25) is 0 Å². The summed E-state index contributed by atoms with van der Waals surface area (Å²) in [6.07, 6.45) is 3.74. The second-order valence-corrected chi connectivity index (χ2v) is 11.6. The van der Waals surface area contributed by atoms with Crippen molar-refractivity contribution in [1.82, 2.24) is 28.5 Å². The number of benzene rings is 4. The Balaban J connectivity index is 1.41. The molecule has 42 heavy (non-hydrogen) atoms. The van der Waals surface area contributed by atoms with Gasteiger partial charge in [0.25, 0.3) is 0 Å². The van der Waals surface area contributed by atoms with Crippen LogP contribution in [0.4, 0.5) is 0 Å². The summed E-state index contributed by atoms with van der Waals surface area (Å²) in [4.78, 5) is 15.1. The molecule has 10 aromatic rings. The molecule has 6 heterocycles. The van der Waals surface area contributed by atoms with Crippen LogP contribution in [0.1, 0.15) is 0 Å². The molecule has 0 saturated heterocycles. The Labute approximate surface area is 242 Å². The van der Waals surface area contributed by atoms with Crippen molar-refractivity contribution in [3.63, 3.8) is 0 Å². The first kappa shape index (κ1) is 22.2. The van der Waals surface area contributed by atoms with Crippen LogP contribution in [0.15, 0.2) is 122 Å². The van der Waals surface area contributed by atoms with Crippen molar-refractivity contribution in [3.8, 4) is 11.5 Å². The molecule has 7 heteroatoms. The minimum atomic E-state index is 0.842. The number of nitrogens with zero attached hydrogens (tertiary/aromatic N) is 6. The molecule has 0 aliphatic carbocycles. The van der Waals surface area contributed by atoms with E-state index in [-0.39, 0.29) is 0 Å². The number of aromatic nitrogens is 6. The molecule has 6 nitrogen and oxygen atoms in total. The van der Waals surface area contributed by atoms with Crippen LogP contribution in [0.25, 0.3) is 81.5 Å². The number of pyridine rings is 2. The van der Waals surface area contributed by atoms with Gasteiger partial charge in [-0.15, -0.1) is 11.3 Å². The number of thiophene rings is 1. The Bertz CT molecular complexity index is 2690. The molecule has 0 bridgehead atoms. The fraction of sp³-hybridized carbons (Fsp3) is 0. The lowest BCUT2D eigenvalue weighted by Crippen LogP contribution is -1.98. The largest absolute Gasteiger partial charge is 0.307 e. The van der Waals surface area contributed by atoms with E-state index < -0.39 is 0 Å². The first-order valence-electron chi connectivity index (χ1n) is 13.9. The molecule has 0 amide bonds. The van der Waals surface area contributed by atoms with Gasteiger partial charge in [-0.1, -0.05) is 48.5 Å². The van der Waals surface area contributed by atoms with E-state index in [2.05, 4.69) is 117 Å². The topological polar surface area (TPSA) is 52.9 Å². The maximum atomic E-state index is 5.45. The van der Waals surface area contributed by atoms with E-state index in [0.29, 0.717) is 0 Å². The Kier molecular flexibility index (Phi) is 4.24. The monoisotopic (exact) mass is 556 g/mol. The number of imidazole rings is 2. The number of para-hydroxylation sites is 4. The molecular formula is C35H20N6S. The van der Waals surface area contributed by atoms with Crippen molar-refractivity contribution in [2.24, 2.45) is 0 Å². The molecule has 0 atom stereocenters. The molecule has 0 radical (unpaired) electrons. The Morgan fingerprint density at radius 2 is 1.33 bits per heavy atom. The smallest absolute Gasteiger partial charge is 0.222 e. The minimum Gasteiger partial charge on any atom is -0.307 e. The molecule has 6 aromatic heterocycles. The number of hydrogen-bond donors (Lipinski definition) is 0. The zero-order valence-corrected chi connectivity index (χ0v) is 23.0. The van der Waals surface area contributed by atoms with Crippen LogP contribution in [-0.4, -0.2) is 28.5 Å². The standard InChI is InChI=1S/C35H20N6S/c1-2-9-21(10-3-1)39-25-12-5-4-11-22(25)23-16-17-28-31(32(23)39)38-35-40(28)26-13-6-7-14-27(26)41(35)34-33-24(18-20-37-34)30-29(42-33)15-8-19-36-30/h1-20H. The van der Waals surface area contributed by atoms with Gasteiger partial charge in [-0.3, -0.25) is 14.0 Å². The molecule has 0 fully saturated rings. The van der Waals surface area contributed by atoms with Crippen molar-refractivity contribution >= 4 is 81.3 Å².